The predicted molar refractivity (Wildman–Crippen MR) is 105 cm³/mol. The van der Waals surface area contributed by atoms with Crippen molar-refractivity contribution in [2.45, 2.75) is 33.3 Å². The maximum Gasteiger partial charge on any atom is 0.276 e. The lowest BCUT2D eigenvalue weighted by Gasteiger charge is -2.14. The van der Waals surface area contributed by atoms with Crippen LogP contribution in [-0.2, 0) is 9.53 Å². The molecule has 1 aliphatic heterocycles. The SMILES string of the molecule is CCOCCCN1C(=O)/C(=C\c2ccc(OC(C)C)c(OC)c2)NC1=S. The van der Waals surface area contributed by atoms with Crippen LogP contribution in [0.25, 0.3) is 6.08 Å². The van der Waals surface area contributed by atoms with Crippen LogP contribution in [0.4, 0.5) is 0 Å². The van der Waals surface area contributed by atoms with Crippen LogP contribution in [0.2, 0.25) is 0 Å². The molecule has 0 bridgehead atoms. The summed E-state index contributed by atoms with van der Waals surface area (Å²) >= 11 is 5.27. The Morgan fingerprint density at radius 1 is 1.31 bits per heavy atom. The first-order valence-corrected chi connectivity index (χ1v) is 9.14. The highest BCUT2D eigenvalue weighted by molar-refractivity contribution is 7.80. The summed E-state index contributed by atoms with van der Waals surface area (Å²) in [4.78, 5) is 14.1. The predicted octanol–water partition coefficient (Wildman–Crippen LogP) is 2.97. The standard InChI is InChI=1S/C19H26N2O4S/c1-5-24-10-6-9-21-18(22)15(20-19(21)26)11-14-7-8-16(25-13(2)3)17(12-14)23-4/h7-8,11-13H,5-6,9-10H2,1-4H3,(H,20,26)/b15-11+. The number of benzene rings is 1. The molecule has 6 nitrogen and oxygen atoms in total. The van der Waals surface area contributed by atoms with Crippen molar-refractivity contribution in [3.8, 4) is 11.5 Å². The molecule has 1 aliphatic rings. The molecule has 0 spiro atoms. The van der Waals surface area contributed by atoms with Crippen LogP contribution in [0.3, 0.4) is 0 Å². The summed E-state index contributed by atoms with van der Waals surface area (Å²) in [6.07, 6.45) is 2.55. The normalized spacial score (nSPS) is 15.7. The fourth-order valence-electron chi connectivity index (χ4n) is 2.54. The molecule has 0 atom stereocenters. The molecule has 7 heteroatoms. The van der Waals surface area contributed by atoms with Gasteiger partial charge in [0.05, 0.1) is 13.2 Å². The number of carbonyl (C=O) groups excluding carboxylic acids is 1. The molecule has 0 saturated carbocycles. The van der Waals surface area contributed by atoms with Crippen molar-refractivity contribution in [1.82, 2.24) is 10.2 Å². The Bertz CT molecular complexity index is 688. The molecule has 0 aliphatic carbocycles. The molecule has 1 N–H and O–H groups in total. The Hall–Kier alpha value is -2.12. The largest absolute Gasteiger partial charge is 0.493 e. The zero-order valence-electron chi connectivity index (χ0n) is 15.7. The number of nitrogens with one attached hydrogen (secondary N) is 1. The van der Waals surface area contributed by atoms with Crippen LogP contribution in [0.15, 0.2) is 23.9 Å². The summed E-state index contributed by atoms with van der Waals surface area (Å²) in [6, 6.07) is 5.55. The minimum Gasteiger partial charge on any atom is -0.493 e. The number of rotatable bonds is 9. The van der Waals surface area contributed by atoms with E-state index in [2.05, 4.69) is 5.32 Å². The molecule has 0 unspecified atom stereocenters. The van der Waals surface area contributed by atoms with Gasteiger partial charge in [0.2, 0.25) is 0 Å². The minimum atomic E-state index is -0.132. The Morgan fingerprint density at radius 3 is 2.73 bits per heavy atom. The van der Waals surface area contributed by atoms with E-state index in [0.717, 1.165) is 12.0 Å². The van der Waals surface area contributed by atoms with Crippen molar-refractivity contribution < 1.29 is 19.0 Å². The summed E-state index contributed by atoms with van der Waals surface area (Å²) in [5, 5.41) is 3.40. The van der Waals surface area contributed by atoms with E-state index in [0.29, 0.717) is 42.1 Å². The molecule has 1 amide bonds. The topological polar surface area (TPSA) is 60.0 Å². The molecule has 142 valence electrons. The zero-order valence-corrected chi connectivity index (χ0v) is 16.5. The van der Waals surface area contributed by atoms with Gasteiger partial charge in [0.25, 0.3) is 5.91 Å². The number of carbonyl (C=O) groups is 1. The quantitative estimate of drug-likeness (QED) is 0.405. The number of amides is 1. The van der Waals surface area contributed by atoms with Gasteiger partial charge in [-0.05, 0) is 63.2 Å². The van der Waals surface area contributed by atoms with Crippen molar-refractivity contribution in [3.05, 3.63) is 29.5 Å². The number of ether oxygens (including phenoxy) is 3. The van der Waals surface area contributed by atoms with E-state index < -0.39 is 0 Å². The molecule has 0 aromatic heterocycles. The zero-order chi connectivity index (χ0) is 19.1. The van der Waals surface area contributed by atoms with Gasteiger partial charge in [-0.15, -0.1) is 0 Å². The summed E-state index contributed by atoms with van der Waals surface area (Å²) in [5.41, 5.74) is 1.28. The molecular formula is C19H26N2O4S. The van der Waals surface area contributed by atoms with Crippen molar-refractivity contribution in [2.75, 3.05) is 26.9 Å². The Balaban J connectivity index is 2.11. The summed E-state index contributed by atoms with van der Waals surface area (Å²) < 4.78 is 16.4. The highest BCUT2D eigenvalue weighted by atomic mass is 32.1. The average molecular weight is 378 g/mol. The van der Waals surface area contributed by atoms with E-state index in [4.69, 9.17) is 26.4 Å². The van der Waals surface area contributed by atoms with E-state index in [1.165, 1.54) is 0 Å². The highest BCUT2D eigenvalue weighted by Crippen LogP contribution is 2.30. The van der Waals surface area contributed by atoms with Crippen LogP contribution < -0.4 is 14.8 Å². The van der Waals surface area contributed by atoms with Gasteiger partial charge in [0.15, 0.2) is 16.6 Å². The van der Waals surface area contributed by atoms with Crippen LogP contribution in [0.1, 0.15) is 32.8 Å². The van der Waals surface area contributed by atoms with Crippen LogP contribution in [-0.4, -0.2) is 48.9 Å². The number of methoxy groups -OCH3 is 1. The van der Waals surface area contributed by atoms with Gasteiger partial charge in [-0.3, -0.25) is 9.69 Å². The summed E-state index contributed by atoms with van der Waals surface area (Å²) in [7, 11) is 1.59. The van der Waals surface area contributed by atoms with Gasteiger partial charge in [-0.25, -0.2) is 0 Å². The van der Waals surface area contributed by atoms with E-state index in [1.807, 2.05) is 39.0 Å². The first kappa shape index (κ1) is 20.2. The minimum absolute atomic E-state index is 0.0498. The van der Waals surface area contributed by atoms with Gasteiger partial charge >= 0.3 is 0 Å². The lowest BCUT2D eigenvalue weighted by Crippen LogP contribution is -2.32. The van der Waals surface area contributed by atoms with E-state index in [9.17, 15) is 4.79 Å². The average Bonchev–Trinajstić information content (AvgIpc) is 2.86. The second-order valence-electron chi connectivity index (χ2n) is 6.07. The molecule has 26 heavy (non-hydrogen) atoms. The second-order valence-corrected chi connectivity index (χ2v) is 6.46. The maximum absolute atomic E-state index is 12.6. The third kappa shape index (κ3) is 5.19. The lowest BCUT2D eigenvalue weighted by atomic mass is 10.1. The van der Waals surface area contributed by atoms with Gasteiger partial charge in [0.1, 0.15) is 5.70 Å². The van der Waals surface area contributed by atoms with Crippen LogP contribution in [0.5, 0.6) is 11.5 Å². The summed E-state index contributed by atoms with van der Waals surface area (Å²) in [6.45, 7) is 7.66. The second kappa shape index (κ2) is 9.54. The van der Waals surface area contributed by atoms with Gasteiger partial charge in [-0.1, -0.05) is 6.07 Å². The Labute approximate surface area is 160 Å². The third-order valence-corrected chi connectivity index (χ3v) is 4.02. The van der Waals surface area contributed by atoms with Crippen molar-refractivity contribution in [3.63, 3.8) is 0 Å². The van der Waals surface area contributed by atoms with Crippen molar-refractivity contribution in [1.29, 1.82) is 0 Å². The van der Waals surface area contributed by atoms with Gasteiger partial charge in [0, 0.05) is 19.8 Å². The van der Waals surface area contributed by atoms with Crippen molar-refractivity contribution >= 4 is 29.3 Å². The molecule has 1 saturated heterocycles. The molecular weight excluding hydrogens is 352 g/mol. The van der Waals surface area contributed by atoms with E-state index in [-0.39, 0.29) is 12.0 Å². The van der Waals surface area contributed by atoms with Crippen LogP contribution >= 0.6 is 12.2 Å². The molecule has 1 aromatic carbocycles. The number of nitrogens with zero attached hydrogens (tertiary/aromatic N) is 1. The fourth-order valence-corrected chi connectivity index (χ4v) is 2.82. The number of hydrogen-bond acceptors (Lipinski definition) is 5. The Morgan fingerprint density at radius 2 is 2.08 bits per heavy atom. The first-order valence-electron chi connectivity index (χ1n) is 8.73. The fraction of sp³-hybridized carbons (Fsp3) is 0.474. The monoisotopic (exact) mass is 378 g/mol. The van der Waals surface area contributed by atoms with Crippen LogP contribution in [0, 0.1) is 0 Å². The molecule has 1 fully saturated rings. The molecule has 1 heterocycles. The number of thiocarbonyl (C=S) groups is 1. The Kier molecular flexibility index (Phi) is 7.41. The van der Waals surface area contributed by atoms with Gasteiger partial charge in [-0.2, -0.15) is 0 Å². The molecule has 0 radical (unpaired) electrons. The van der Waals surface area contributed by atoms with E-state index in [1.54, 1.807) is 18.1 Å². The van der Waals surface area contributed by atoms with Crippen molar-refractivity contribution in [2.24, 2.45) is 0 Å². The molecule has 1 aromatic rings. The maximum atomic E-state index is 12.6. The van der Waals surface area contributed by atoms with Gasteiger partial charge < -0.3 is 19.5 Å². The number of hydrogen-bond donors (Lipinski definition) is 1. The summed E-state index contributed by atoms with van der Waals surface area (Å²) in [5.74, 6) is 1.16. The lowest BCUT2D eigenvalue weighted by molar-refractivity contribution is -0.122. The smallest absolute Gasteiger partial charge is 0.276 e. The van der Waals surface area contributed by atoms with E-state index >= 15 is 0 Å². The highest BCUT2D eigenvalue weighted by Gasteiger charge is 2.30. The first-order chi connectivity index (χ1) is 12.5. The molecule has 2 rings (SSSR count). The third-order valence-electron chi connectivity index (χ3n) is 3.70.